The van der Waals surface area contributed by atoms with Gasteiger partial charge in [0.25, 0.3) is 0 Å². The van der Waals surface area contributed by atoms with Crippen molar-refractivity contribution in [1.29, 1.82) is 0 Å². The van der Waals surface area contributed by atoms with E-state index in [1.807, 2.05) is 36.4 Å². The number of hydrogen-bond donors (Lipinski definition) is 0. The average molecular weight is 371 g/mol. The second-order valence-electron chi connectivity index (χ2n) is 5.48. The molecule has 0 aliphatic heterocycles. The van der Waals surface area contributed by atoms with Crippen LogP contribution in [0.1, 0.15) is 10.4 Å². The van der Waals surface area contributed by atoms with Crippen molar-refractivity contribution in [1.82, 2.24) is 0 Å². The maximum atomic E-state index is 13.7. The Morgan fingerprint density at radius 3 is 1.92 bits per heavy atom. The molecule has 3 nitrogen and oxygen atoms in total. The highest BCUT2D eigenvalue weighted by Crippen LogP contribution is 2.43. The molecule has 25 heavy (non-hydrogen) atoms. The first-order valence-electron chi connectivity index (χ1n) is 7.72. The second kappa shape index (κ2) is 7.69. The van der Waals surface area contributed by atoms with E-state index in [1.54, 1.807) is 42.5 Å². The Labute approximate surface area is 151 Å². The lowest BCUT2D eigenvalue weighted by atomic mass is 10.2. The van der Waals surface area contributed by atoms with Crippen molar-refractivity contribution in [3.63, 3.8) is 0 Å². The molecule has 0 amide bonds. The monoisotopic (exact) mass is 370 g/mol. The molecule has 5 heteroatoms. The maximum absolute atomic E-state index is 13.7. The molecule has 0 bridgehead atoms. The third-order valence-electron chi connectivity index (χ3n) is 3.78. The molecule has 0 N–H and O–H groups in total. The van der Waals surface area contributed by atoms with Crippen LogP contribution in [0.15, 0.2) is 84.9 Å². The van der Waals surface area contributed by atoms with Gasteiger partial charge in [-0.3, -0.25) is 0 Å². The molecule has 3 rings (SSSR count). The molecule has 0 fully saturated rings. The Hall–Kier alpha value is -2.35. The zero-order chi connectivity index (χ0) is 17.7. The topological polar surface area (TPSA) is 43.4 Å². The van der Waals surface area contributed by atoms with Crippen LogP contribution in [0.2, 0.25) is 5.02 Å². The molecule has 0 unspecified atom stereocenters. The van der Waals surface area contributed by atoms with Crippen LogP contribution >= 0.6 is 18.7 Å². The lowest BCUT2D eigenvalue weighted by Crippen LogP contribution is -2.21. The van der Waals surface area contributed by atoms with E-state index in [4.69, 9.17) is 16.3 Å². The van der Waals surface area contributed by atoms with Gasteiger partial charge in [-0.25, -0.2) is 4.79 Å². The van der Waals surface area contributed by atoms with Crippen molar-refractivity contribution in [2.75, 3.05) is 6.35 Å². The molecule has 0 heterocycles. The van der Waals surface area contributed by atoms with E-state index in [-0.39, 0.29) is 6.35 Å². The van der Waals surface area contributed by atoms with Gasteiger partial charge in [-0.15, -0.1) is 0 Å². The number of benzene rings is 3. The zero-order valence-corrected chi connectivity index (χ0v) is 15.0. The zero-order valence-electron chi connectivity index (χ0n) is 13.3. The molecule has 0 aliphatic carbocycles. The van der Waals surface area contributed by atoms with E-state index < -0.39 is 13.1 Å². The van der Waals surface area contributed by atoms with Crippen LogP contribution in [-0.2, 0) is 9.30 Å². The normalized spacial score (nSPS) is 11.1. The predicted molar refractivity (Wildman–Crippen MR) is 101 cm³/mol. The predicted octanol–water partition coefficient (Wildman–Crippen LogP) is 4.47. The summed E-state index contributed by atoms with van der Waals surface area (Å²) in [4.78, 5) is 12.3. The number of halogens is 1. The Kier molecular flexibility index (Phi) is 5.37. The van der Waals surface area contributed by atoms with Gasteiger partial charge in [0, 0.05) is 15.6 Å². The molecule has 0 saturated carbocycles. The van der Waals surface area contributed by atoms with Crippen LogP contribution in [0.3, 0.4) is 0 Å². The minimum atomic E-state index is -3.09. The van der Waals surface area contributed by atoms with E-state index in [1.165, 1.54) is 6.07 Å². The molecule has 0 saturated heterocycles. The maximum Gasteiger partial charge on any atom is 0.338 e. The summed E-state index contributed by atoms with van der Waals surface area (Å²) in [6.07, 6.45) is -0.202. The van der Waals surface area contributed by atoms with Crippen molar-refractivity contribution in [3.05, 3.63) is 95.5 Å². The first-order valence-corrected chi connectivity index (χ1v) is 9.99. The van der Waals surface area contributed by atoms with Crippen LogP contribution in [0.4, 0.5) is 0 Å². The van der Waals surface area contributed by atoms with Crippen LogP contribution in [0, 0.1) is 0 Å². The molecule has 126 valence electrons. The smallest absolute Gasteiger partial charge is 0.338 e. The highest BCUT2D eigenvalue weighted by Gasteiger charge is 2.29. The van der Waals surface area contributed by atoms with Crippen molar-refractivity contribution >= 4 is 35.3 Å². The van der Waals surface area contributed by atoms with Gasteiger partial charge >= 0.3 is 5.97 Å². The summed E-state index contributed by atoms with van der Waals surface area (Å²) in [5.74, 6) is -0.547. The Bertz CT molecular complexity index is 867. The molecule has 0 spiro atoms. The van der Waals surface area contributed by atoms with E-state index >= 15 is 0 Å². The minimum Gasteiger partial charge on any atom is -0.453 e. The molecule has 0 radical (unpaired) electrons. The molecular weight excluding hydrogens is 355 g/mol. The molecule has 0 aromatic heterocycles. The number of rotatable bonds is 5. The minimum absolute atomic E-state index is 0.202. The lowest BCUT2D eigenvalue weighted by molar-refractivity contribution is 0.0572. The standard InChI is InChI=1S/C20H16ClO3P/c21-17-9-7-8-16(14-17)20(22)24-15-25(23,18-10-3-1-4-11-18)19-12-5-2-6-13-19/h1-14H,15H2. The van der Waals surface area contributed by atoms with Gasteiger partial charge in [0.2, 0.25) is 0 Å². The van der Waals surface area contributed by atoms with Crippen LogP contribution in [-0.4, -0.2) is 12.3 Å². The number of ether oxygens (including phenoxy) is 1. The average Bonchev–Trinajstić information content (AvgIpc) is 2.67. The van der Waals surface area contributed by atoms with Crippen molar-refractivity contribution in [2.45, 2.75) is 0 Å². The Balaban J connectivity index is 1.89. The van der Waals surface area contributed by atoms with Gasteiger partial charge < -0.3 is 9.30 Å². The molecule has 0 aliphatic rings. The van der Waals surface area contributed by atoms with E-state index in [0.717, 1.165) is 0 Å². The van der Waals surface area contributed by atoms with Gasteiger partial charge in [-0.1, -0.05) is 78.3 Å². The van der Waals surface area contributed by atoms with Gasteiger partial charge in [0.15, 0.2) is 13.5 Å². The van der Waals surface area contributed by atoms with Crippen LogP contribution in [0.25, 0.3) is 0 Å². The largest absolute Gasteiger partial charge is 0.453 e. The fraction of sp³-hybridized carbons (Fsp3) is 0.0500. The lowest BCUT2D eigenvalue weighted by Gasteiger charge is -2.19. The summed E-state index contributed by atoms with van der Waals surface area (Å²) in [7, 11) is -3.09. The number of hydrogen-bond acceptors (Lipinski definition) is 3. The van der Waals surface area contributed by atoms with E-state index in [9.17, 15) is 9.36 Å². The first-order chi connectivity index (χ1) is 12.1. The van der Waals surface area contributed by atoms with Crippen LogP contribution < -0.4 is 10.6 Å². The molecule has 3 aromatic rings. The summed E-state index contributed by atoms with van der Waals surface area (Å²) < 4.78 is 19.1. The molecular formula is C20H16ClO3P. The summed E-state index contributed by atoms with van der Waals surface area (Å²) >= 11 is 5.91. The van der Waals surface area contributed by atoms with Crippen LogP contribution in [0.5, 0.6) is 0 Å². The van der Waals surface area contributed by atoms with Crippen molar-refractivity contribution in [2.24, 2.45) is 0 Å². The van der Waals surface area contributed by atoms with E-state index in [2.05, 4.69) is 0 Å². The Morgan fingerprint density at radius 2 is 1.40 bits per heavy atom. The fourth-order valence-electron chi connectivity index (χ4n) is 2.48. The summed E-state index contributed by atoms with van der Waals surface area (Å²) in [6.45, 7) is 0. The fourth-order valence-corrected chi connectivity index (χ4v) is 4.88. The highest BCUT2D eigenvalue weighted by atomic mass is 35.5. The number of carbonyl (C=O) groups is 1. The van der Waals surface area contributed by atoms with Crippen molar-refractivity contribution in [3.8, 4) is 0 Å². The number of esters is 1. The number of carbonyl (C=O) groups excluding carboxylic acids is 1. The molecule has 0 atom stereocenters. The van der Waals surface area contributed by atoms with E-state index in [0.29, 0.717) is 21.2 Å². The quantitative estimate of drug-likeness (QED) is 0.491. The van der Waals surface area contributed by atoms with Gasteiger partial charge in [0.1, 0.15) is 0 Å². The summed E-state index contributed by atoms with van der Waals surface area (Å²) in [5.41, 5.74) is 0.333. The third kappa shape index (κ3) is 4.01. The second-order valence-corrected chi connectivity index (χ2v) is 8.69. The third-order valence-corrected chi connectivity index (χ3v) is 6.78. The van der Waals surface area contributed by atoms with Gasteiger partial charge in [0.05, 0.1) is 5.56 Å². The van der Waals surface area contributed by atoms with Gasteiger partial charge in [-0.05, 0) is 18.2 Å². The Morgan fingerprint density at radius 1 is 0.840 bits per heavy atom. The first kappa shape index (κ1) is 17.5. The van der Waals surface area contributed by atoms with Crippen molar-refractivity contribution < 1.29 is 14.1 Å². The summed E-state index contributed by atoms with van der Waals surface area (Å²) in [5, 5.41) is 1.75. The highest BCUT2D eigenvalue weighted by molar-refractivity contribution is 7.78. The summed E-state index contributed by atoms with van der Waals surface area (Å²) in [6, 6.07) is 24.7. The molecule has 3 aromatic carbocycles. The SMILES string of the molecule is O=C(OCP(=O)(c1ccccc1)c1ccccc1)c1cccc(Cl)c1. The van der Waals surface area contributed by atoms with Gasteiger partial charge in [-0.2, -0.15) is 0 Å².